The highest BCUT2D eigenvalue weighted by Gasteiger charge is 2.20. The first kappa shape index (κ1) is 24.1. The maximum Gasteiger partial charge on any atom is 0.231 e. The molecule has 10 heteroatoms. The molecule has 5 rings (SSSR count). The van der Waals surface area contributed by atoms with Gasteiger partial charge in [0, 0.05) is 55.9 Å². The van der Waals surface area contributed by atoms with Crippen molar-refractivity contribution >= 4 is 34.8 Å². The van der Waals surface area contributed by atoms with E-state index in [0.29, 0.717) is 17.5 Å². The van der Waals surface area contributed by atoms with Crippen LogP contribution < -0.4 is 29.9 Å². The highest BCUT2D eigenvalue weighted by Crippen LogP contribution is 2.27. The minimum atomic E-state index is -0.455. The summed E-state index contributed by atoms with van der Waals surface area (Å²) in [6.07, 6.45) is 1.81. The largest absolute Gasteiger partial charge is 0.497 e. The Morgan fingerprint density at radius 3 is 2.14 bits per heavy atom. The Labute approximate surface area is 214 Å². The van der Waals surface area contributed by atoms with Gasteiger partial charge in [-0.3, -0.25) is 0 Å². The molecule has 9 nitrogen and oxygen atoms in total. The number of pyridine rings is 1. The fraction of sp³-hybridized carbons (Fsp3) is 0.222. The van der Waals surface area contributed by atoms with E-state index in [9.17, 15) is 4.39 Å². The van der Waals surface area contributed by atoms with Crippen molar-refractivity contribution in [3.63, 3.8) is 0 Å². The van der Waals surface area contributed by atoms with Crippen LogP contribution in [-0.2, 0) is 0 Å². The summed E-state index contributed by atoms with van der Waals surface area (Å²) in [4.78, 5) is 18.3. The van der Waals surface area contributed by atoms with Gasteiger partial charge < -0.3 is 29.9 Å². The Morgan fingerprint density at radius 2 is 1.49 bits per heavy atom. The van der Waals surface area contributed by atoms with Crippen molar-refractivity contribution in [3.8, 4) is 11.5 Å². The predicted octanol–water partition coefficient (Wildman–Crippen LogP) is 4.84. The molecule has 2 N–H and O–H groups in total. The molecule has 4 aromatic rings. The molecule has 2 aromatic heterocycles. The summed E-state index contributed by atoms with van der Waals surface area (Å²) in [6, 6.07) is 20.0. The number of halogens is 1. The third-order valence-corrected chi connectivity index (χ3v) is 6.06. The fourth-order valence-electron chi connectivity index (χ4n) is 4.12. The molecule has 0 amide bonds. The van der Waals surface area contributed by atoms with Crippen LogP contribution >= 0.6 is 0 Å². The maximum atomic E-state index is 14.3. The zero-order chi connectivity index (χ0) is 25.6. The second-order valence-corrected chi connectivity index (χ2v) is 8.42. The molecule has 0 radical (unpaired) electrons. The molecule has 1 aliphatic rings. The Morgan fingerprint density at radius 1 is 0.757 bits per heavy atom. The third kappa shape index (κ3) is 5.80. The SMILES string of the molecule is COc1ccc(Nc2nc(Nc3ccc(OC)c(F)c3)cc(N3CCN(c4ccccn4)CC3)n2)cc1. The van der Waals surface area contributed by atoms with Gasteiger partial charge in [-0.25, -0.2) is 9.37 Å². The minimum Gasteiger partial charge on any atom is -0.497 e. The average Bonchev–Trinajstić information content (AvgIpc) is 2.94. The molecular weight excluding hydrogens is 473 g/mol. The van der Waals surface area contributed by atoms with Crippen LogP contribution in [0.3, 0.4) is 0 Å². The lowest BCUT2D eigenvalue weighted by Crippen LogP contribution is -2.47. The molecule has 0 unspecified atom stereocenters. The van der Waals surface area contributed by atoms with Crippen molar-refractivity contribution < 1.29 is 13.9 Å². The van der Waals surface area contributed by atoms with E-state index >= 15 is 0 Å². The van der Waals surface area contributed by atoms with Crippen LogP contribution in [0.5, 0.6) is 11.5 Å². The van der Waals surface area contributed by atoms with E-state index in [1.165, 1.54) is 13.2 Å². The Hall–Kier alpha value is -4.60. The number of nitrogens with zero attached hydrogens (tertiary/aromatic N) is 5. The van der Waals surface area contributed by atoms with E-state index < -0.39 is 5.82 Å². The molecule has 0 aliphatic carbocycles. The monoisotopic (exact) mass is 501 g/mol. The van der Waals surface area contributed by atoms with Crippen LogP contribution in [0.25, 0.3) is 0 Å². The molecular formula is C27H28FN7O2. The van der Waals surface area contributed by atoms with Gasteiger partial charge in [-0.1, -0.05) is 6.07 Å². The van der Waals surface area contributed by atoms with Gasteiger partial charge >= 0.3 is 0 Å². The summed E-state index contributed by atoms with van der Waals surface area (Å²) in [7, 11) is 3.06. The molecule has 1 saturated heterocycles. The second kappa shape index (κ2) is 11.0. The Balaban J connectivity index is 1.39. The number of anilines is 6. The van der Waals surface area contributed by atoms with E-state index in [0.717, 1.165) is 49.3 Å². The number of piperazine rings is 1. The lowest BCUT2D eigenvalue weighted by atomic mass is 10.2. The van der Waals surface area contributed by atoms with Crippen LogP contribution in [0.2, 0.25) is 0 Å². The lowest BCUT2D eigenvalue weighted by Gasteiger charge is -2.36. The normalized spacial score (nSPS) is 13.3. The molecule has 2 aromatic carbocycles. The quantitative estimate of drug-likeness (QED) is 0.352. The summed E-state index contributed by atoms with van der Waals surface area (Å²) in [5, 5.41) is 6.47. The molecule has 0 bridgehead atoms. The first-order valence-electron chi connectivity index (χ1n) is 11.9. The van der Waals surface area contributed by atoms with E-state index in [2.05, 4.69) is 30.4 Å². The Bertz CT molecular complexity index is 1330. The number of nitrogens with one attached hydrogen (secondary N) is 2. The number of ether oxygens (including phenoxy) is 2. The fourth-order valence-corrected chi connectivity index (χ4v) is 4.12. The number of rotatable bonds is 8. The first-order chi connectivity index (χ1) is 18.1. The van der Waals surface area contributed by atoms with E-state index in [1.807, 2.05) is 54.7 Å². The second-order valence-electron chi connectivity index (χ2n) is 8.42. The van der Waals surface area contributed by atoms with E-state index in [-0.39, 0.29) is 5.75 Å². The first-order valence-corrected chi connectivity index (χ1v) is 11.9. The van der Waals surface area contributed by atoms with Crippen LogP contribution in [0.4, 0.5) is 39.2 Å². The van der Waals surface area contributed by atoms with Crippen molar-refractivity contribution in [1.29, 1.82) is 0 Å². The molecule has 190 valence electrons. The highest BCUT2D eigenvalue weighted by atomic mass is 19.1. The molecule has 1 aliphatic heterocycles. The van der Waals surface area contributed by atoms with Crippen molar-refractivity contribution in [2.75, 3.05) is 60.8 Å². The van der Waals surface area contributed by atoms with Crippen LogP contribution in [0.15, 0.2) is 72.9 Å². The van der Waals surface area contributed by atoms with Gasteiger partial charge in [-0.05, 0) is 48.5 Å². The van der Waals surface area contributed by atoms with Gasteiger partial charge in [0.15, 0.2) is 11.6 Å². The van der Waals surface area contributed by atoms with E-state index in [4.69, 9.17) is 14.5 Å². The smallest absolute Gasteiger partial charge is 0.231 e. The standard InChI is InChI=1S/C27H28FN7O2/c1-36-21-9-6-19(7-10-21)31-27-32-24(30-20-8-11-23(37-2)22(28)17-20)18-26(33-27)35-15-13-34(14-16-35)25-5-3-4-12-29-25/h3-12,17-18H,13-16H2,1-2H3,(H2,30,31,32,33). The average molecular weight is 502 g/mol. The van der Waals surface area contributed by atoms with Gasteiger partial charge in [0.2, 0.25) is 5.95 Å². The number of benzene rings is 2. The van der Waals surface area contributed by atoms with Crippen molar-refractivity contribution in [2.24, 2.45) is 0 Å². The molecule has 1 fully saturated rings. The predicted molar refractivity (Wildman–Crippen MR) is 143 cm³/mol. The number of hydrogen-bond acceptors (Lipinski definition) is 9. The van der Waals surface area contributed by atoms with Gasteiger partial charge in [0.1, 0.15) is 23.2 Å². The Kier molecular flexibility index (Phi) is 7.16. The molecule has 0 spiro atoms. The van der Waals surface area contributed by atoms with Crippen LogP contribution in [0, 0.1) is 5.82 Å². The number of aromatic nitrogens is 3. The molecule has 3 heterocycles. The van der Waals surface area contributed by atoms with Gasteiger partial charge in [0.25, 0.3) is 0 Å². The van der Waals surface area contributed by atoms with Crippen LogP contribution in [0.1, 0.15) is 0 Å². The van der Waals surface area contributed by atoms with Crippen molar-refractivity contribution in [3.05, 3.63) is 78.7 Å². The van der Waals surface area contributed by atoms with Gasteiger partial charge in [-0.15, -0.1) is 0 Å². The topological polar surface area (TPSA) is 87.7 Å². The zero-order valence-electron chi connectivity index (χ0n) is 20.7. The number of hydrogen-bond donors (Lipinski definition) is 2. The number of methoxy groups -OCH3 is 2. The maximum absolute atomic E-state index is 14.3. The zero-order valence-corrected chi connectivity index (χ0v) is 20.7. The van der Waals surface area contributed by atoms with Crippen LogP contribution in [-0.4, -0.2) is 55.4 Å². The lowest BCUT2D eigenvalue weighted by molar-refractivity contribution is 0.386. The summed E-state index contributed by atoms with van der Waals surface area (Å²) in [5.74, 6) is 3.18. The summed E-state index contributed by atoms with van der Waals surface area (Å²) in [6.45, 7) is 3.17. The van der Waals surface area contributed by atoms with Gasteiger partial charge in [0.05, 0.1) is 14.2 Å². The summed E-state index contributed by atoms with van der Waals surface area (Å²) >= 11 is 0. The molecule has 37 heavy (non-hydrogen) atoms. The minimum absolute atomic E-state index is 0.182. The molecule has 0 saturated carbocycles. The van der Waals surface area contributed by atoms with Crippen molar-refractivity contribution in [1.82, 2.24) is 15.0 Å². The molecule has 0 atom stereocenters. The van der Waals surface area contributed by atoms with E-state index in [1.54, 1.807) is 19.2 Å². The summed E-state index contributed by atoms with van der Waals surface area (Å²) in [5.41, 5.74) is 1.37. The third-order valence-electron chi connectivity index (χ3n) is 6.06. The summed E-state index contributed by atoms with van der Waals surface area (Å²) < 4.78 is 24.6. The van der Waals surface area contributed by atoms with Crippen molar-refractivity contribution in [2.45, 2.75) is 0 Å². The van der Waals surface area contributed by atoms with Gasteiger partial charge in [-0.2, -0.15) is 9.97 Å². The highest BCUT2D eigenvalue weighted by molar-refractivity contribution is 5.65.